The number of hydrogen-bond donors (Lipinski definition) is 1. The fraction of sp³-hybridized carbons (Fsp3) is 0.654. The van der Waals surface area contributed by atoms with Gasteiger partial charge < -0.3 is 24.2 Å². The van der Waals surface area contributed by atoms with Gasteiger partial charge in [0.1, 0.15) is 5.75 Å². The average molecular weight is 471 g/mol. The Labute approximate surface area is 202 Å². The molecule has 2 aliphatic rings. The molecule has 1 amide bonds. The molecule has 2 aliphatic heterocycles. The first kappa shape index (κ1) is 24.5. The van der Waals surface area contributed by atoms with Gasteiger partial charge in [0.05, 0.1) is 19.3 Å². The molecule has 2 fully saturated rings. The maximum absolute atomic E-state index is 12.5. The Morgan fingerprint density at radius 2 is 2.03 bits per heavy atom. The van der Waals surface area contributed by atoms with Crippen LogP contribution in [0.25, 0.3) is 0 Å². The molecule has 1 aromatic carbocycles. The van der Waals surface area contributed by atoms with Gasteiger partial charge in [-0.25, -0.2) is 0 Å². The average Bonchev–Trinajstić information content (AvgIpc) is 3.49. The van der Waals surface area contributed by atoms with E-state index in [1.165, 1.54) is 0 Å². The molecule has 4 rings (SSSR count). The highest BCUT2D eigenvalue weighted by atomic mass is 16.5. The van der Waals surface area contributed by atoms with Crippen molar-refractivity contribution in [1.29, 1.82) is 0 Å². The van der Waals surface area contributed by atoms with Crippen molar-refractivity contribution in [3.05, 3.63) is 35.2 Å². The van der Waals surface area contributed by atoms with Crippen LogP contribution in [-0.2, 0) is 10.2 Å². The van der Waals surface area contributed by atoms with E-state index in [0.717, 1.165) is 62.3 Å². The van der Waals surface area contributed by atoms with Crippen LogP contribution in [0.5, 0.6) is 5.75 Å². The Balaban J connectivity index is 1.16. The van der Waals surface area contributed by atoms with Gasteiger partial charge in [-0.05, 0) is 68.7 Å². The lowest BCUT2D eigenvalue weighted by Gasteiger charge is -2.30. The molecule has 0 aliphatic carbocycles. The zero-order chi connectivity index (χ0) is 24.1. The fourth-order valence-corrected chi connectivity index (χ4v) is 4.52. The van der Waals surface area contributed by atoms with Crippen molar-refractivity contribution in [2.75, 3.05) is 37.8 Å². The van der Waals surface area contributed by atoms with Crippen LogP contribution in [0, 0.1) is 12.8 Å². The second kappa shape index (κ2) is 10.8. The number of rotatable bonds is 8. The highest BCUT2D eigenvalue weighted by Crippen LogP contribution is 2.27. The molecular weight excluding hydrogens is 432 g/mol. The van der Waals surface area contributed by atoms with Crippen molar-refractivity contribution < 1.29 is 18.8 Å². The number of nitrogens with one attached hydrogen (secondary N) is 1. The molecule has 1 N–H and O–H groups in total. The number of amides is 1. The van der Waals surface area contributed by atoms with Crippen molar-refractivity contribution >= 4 is 11.9 Å². The topological polar surface area (TPSA) is 89.7 Å². The van der Waals surface area contributed by atoms with Crippen LogP contribution in [0.2, 0.25) is 0 Å². The summed E-state index contributed by atoms with van der Waals surface area (Å²) >= 11 is 0. The molecule has 0 saturated carbocycles. The summed E-state index contributed by atoms with van der Waals surface area (Å²) in [5.41, 5.74) is 1.52. The van der Waals surface area contributed by atoms with Gasteiger partial charge in [-0.15, -0.1) is 0 Å². The maximum atomic E-state index is 12.5. The van der Waals surface area contributed by atoms with E-state index in [-0.39, 0.29) is 17.4 Å². The molecule has 186 valence electrons. The highest BCUT2D eigenvalue weighted by Gasteiger charge is 2.26. The van der Waals surface area contributed by atoms with Crippen LogP contribution in [0.1, 0.15) is 74.6 Å². The Morgan fingerprint density at radius 1 is 1.24 bits per heavy atom. The van der Waals surface area contributed by atoms with Gasteiger partial charge in [0.25, 0.3) is 5.91 Å². The second-order valence-corrected chi connectivity index (χ2v) is 10.6. The summed E-state index contributed by atoms with van der Waals surface area (Å²) in [5, 5.41) is 7.19. The molecule has 8 heteroatoms. The highest BCUT2D eigenvalue weighted by molar-refractivity contribution is 5.96. The van der Waals surface area contributed by atoms with E-state index in [1.807, 2.05) is 25.1 Å². The van der Waals surface area contributed by atoms with E-state index < -0.39 is 0 Å². The number of carbonyl (C=O) groups is 1. The lowest BCUT2D eigenvalue weighted by atomic mass is 9.92. The molecule has 0 bridgehead atoms. The number of aryl methyl sites for hydroxylation is 1. The van der Waals surface area contributed by atoms with Crippen LogP contribution >= 0.6 is 0 Å². The standard InChI is InChI=1S/C26H38N4O4/c1-18-16-21(7-8-22(18)23(31)27-20-11-15-32-17-20)33-14-5-6-19-9-12-30(13-10-19)25-28-24(29-34-25)26(2,3)4/h7-8,16,19-20H,5-6,9-15,17H2,1-4H3,(H,27,31)/t20-/m1/s1. The van der Waals surface area contributed by atoms with Crippen LogP contribution < -0.4 is 15.0 Å². The first-order chi connectivity index (χ1) is 16.3. The quantitative estimate of drug-likeness (QED) is 0.576. The van der Waals surface area contributed by atoms with Gasteiger partial charge in [0, 0.05) is 30.7 Å². The van der Waals surface area contributed by atoms with E-state index in [9.17, 15) is 4.79 Å². The smallest absolute Gasteiger partial charge is 0.324 e. The zero-order valence-electron chi connectivity index (χ0n) is 20.9. The van der Waals surface area contributed by atoms with Crippen molar-refractivity contribution in [2.45, 2.75) is 71.3 Å². The van der Waals surface area contributed by atoms with Gasteiger partial charge in [-0.3, -0.25) is 4.79 Å². The van der Waals surface area contributed by atoms with Crippen molar-refractivity contribution in [3.63, 3.8) is 0 Å². The predicted octanol–water partition coefficient (Wildman–Crippen LogP) is 4.27. The van der Waals surface area contributed by atoms with Crippen molar-refractivity contribution in [1.82, 2.24) is 15.5 Å². The van der Waals surface area contributed by atoms with Gasteiger partial charge in [0.15, 0.2) is 5.82 Å². The molecule has 1 atom stereocenters. The lowest BCUT2D eigenvalue weighted by molar-refractivity contribution is 0.0929. The number of anilines is 1. The van der Waals surface area contributed by atoms with E-state index in [1.54, 1.807) is 0 Å². The summed E-state index contributed by atoms with van der Waals surface area (Å²) in [4.78, 5) is 19.3. The molecular formula is C26H38N4O4. The number of benzene rings is 1. The number of carbonyl (C=O) groups excluding carboxylic acids is 1. The van der Waals surface area contributed by atoms with Crippen molar-refractivity contribution in [3.8, 4) is 5.75 Å². The minimum Gasteiger partial charge on any atom is -0.494 e. The van der Waals surface area contributed by atoms with E-state index in [0.29, 0.717) is 37.3 Å². The summed E-state index contributed by atoms with van der Waals surface area (Å²) in [6, 6.07) is 6.46. The molecule has 8 nitrogen and oxygen atoms in total. The maximum Gasteiger partial charge on any atom is 0.324 e. The molecule has 1 aromatic heterocycles. The van der Waals surface area contributed by atoms with E-state index >= 15 is 0 Å². The molecule has 34 heavy (non-hydrogen) atoms. The summed E-state index contributed by atoms with van der Waals surface area (Å²) in [6.07, 6.45) is 5.29. The number of nitrogens with zero attached hydrogens (tertiary/aromatic N) is 3. The van der Waals surface area contributed by atoms with E-state index in [2.05, 4.69) is 41.1 Å². The monoisotopic (exact) mass is 470 g/mol. The summed E-state index contributed by atoms with van der Waals surface area (Å²) in [5.74, 6) is 2.23. The third-order valence-corrected chi connectivity index (χ3v) is 6.70. The molecule has 0 unspecified atom stereocenters. The minimum absolute atomic E-state index is 0.0407. The van der Waals surface area contributed by atoms with Gasteiger partial charge in [-0.1, -0.05) is 25.9 Å². The van der Waals surface area contributed by atoms with Crippen LogP contribution in [0.15, 0.2) is 22.7 Å². The molecule has 2 saturated heterocycles. The fourth-order valence-electron chi connectivity index (χ4n) is 4.52. The number of hydrogen-bond acceptors (Lipinski definition) is 7. The van der Waals surface area contributed by atoms with E-state index in [4.69, 9.17) is 14.0 Å². The number of piperidine rings is 1. The normalized spacial score (nSPS) is 19.4. The van der Waals surface area contributed by atoms with Crippen LogP contribution in [0.4, 0.5) is 6.01 Å². The van der Waals surface area contributed by atoms with Crippen LogP contribution in [0.3, 0.4) is 0 Å². The minimum atomic E-state index is -0.101. The Bertz CT molecular complexity index is 954. The molecule has 3 heterocycles. The molecule has 0 spiro atoms. The first-order valence-electron chi connectivity index (χ1n) is 12.5. The Kier molecular flexibility index (Phi) is 7.76. The number of ether oxygens (including phenoxy) is 2. The SMILES string of the molecule is Cc1cc(OCCCC2CCN(c3nc(C(C)(C)C)no3)CC2)ccc1C(=O)N[C@@H]1CCOC1. The Hall–Kier alpha value is -2.61. The lowest BCUT2D eigenvalue weighted by Crippen LogP contribution is -2.35. The van der Waals surface area contributed by atoms with Gasteiger partial charge in [0.2, 0.25) is 0 Å². The first-order valence-corrected chi connectivity index (χ1v) is 12.5. The zero-order valence-corrected chi connectivity index (χ0v) is 20.9. The third kappa shape index (κ3) is 6.29. The van der Waals surface area contributed by atoms with Gasteiger partial charge in [-0.2, -0.15) is 4.98 Å². The summed E-state index contributed by atoms with van der Waals surface area (Å²) in [7, 11) is 0. The number of aromatic nitrogens is 2. The summed E-state index contributed by atoms with van der Waals surface area (Å²) in [6.45, 7) is 12.1. The predicted molar refractivity (Wildman–Crippen MR) is 131 cm³/mol. The molecule has 0 radical (unpaired) electrons. The summed E-state index contributed by atoms with van der Waals surface area (Å²) < 4.78 is 16.8. The largest absolute Gasteiger partial charge is 0.494 e. The molecule has 2 aromatic rings. The van der Waals surface area contributed by atoms with Crippen LogP contribution in [-0.4, -0.2) is 55.0 Å². The second-order valence-electron chi connectivity index (χ2n) is 10.6. The Morgan fingerprint density at radius 3 is 2.68 bits per heavy atom. The third-order valence-electron chi connectivity index (χ3n) is 6.70. The van der Waals surface area contributed by atoms with Gasteiger partial charge >= 0.3 is 6.01 Å². The van der Waals surface area contributed by atoms with Crippen molar-refractivity contribution in [2.24, 2.45) is 5.92 Å².